The second kappa shape index (κ2) is 3.46. The molecular weight excluding hydrogens is 187 g/mol. The zero-order valence-electron chi connectivity index (χ0n) is 11.4. The zero-order chi connectivity index (χ0) is 12.1. The van der Waals surface area contributed by atoms with E-state index in [4.69, 9.17) is 0 Å². The van der Waals surface area contributed by atoms with Gasteiger partial charge in [-0.1, -0.05) is 41.5 Å². The van der Waals surface area contributed by atoms with Crippen LogP contribution in [0.4, 0.5) is 4.39 Å². The van der Waals surface area contributed by atoms with Crippen molar-refractivity contribution in [2.75, 3.05) is 0 Å². The molecule has 0 N–H and O–H groups in total. The summed E-state index contributed by atoms with van der Waals surface area (Å²) in [4.78, 5) is 0. The molecule has 0 nitrogen and oxygen atoms in total. The summed E-state index contributed by atoms with van der Waals surface area (Å²) in [6.07, 6.45) is 1.47. The van der Waals surface area contributed by atoms with Gasteiger partial charge in [-0.25, -0.2) is 4.39 Å². The van der Waals surface area contributed by atoms with E-state index in [2.05, 4.69) is 41.5 Å². The Kier molecular flexibility index (Phi) is 3.00. The molecule has 0 saturated heterocycles. The van der Waals surface area contributed by atoms with Gasteiger partial charge in [-0.2, -0.15) is 0 Å². The van der Waals surface area contributed by atoms with Crippen LogP contribution in [0.25, 0.3) is 0 Å². The Balaban J connectivity index is 2.95. The summed E-state index contributed by atoms with van der Waals surface area (Å²) < 4.78 is 14.2. The molecule has 0 aromatic carbocycles. The number of halogens is 1. The largest absolute Gasteiger partial charge is 0.244 e. The maximum Gasteiger partial charge on any atom is 0.108 e. The predicted octanol–water partition coefficient (Wildman–Crippen LogP) is 4.83. The van der Waals surface area contributed by atoms with E-state index in [1.165, 1.54) is 0 Å². The SMILES string of the molecule is CC1(F)CC(C(C)(C)C)C(C(C)(C)C)C1. The van der Waals surface area contributed by atoms with Crippen LogP contribution in [0, 0.1) is 22.7 Å². The number of rotatable bonds is 0. The number of hydrogen-bond acceptors (Lipinski definition) is 0. The standard InChI is InChI=1S/C14H27F/c1-12(2,3)10-8-14(7,15)9-11(10)13(4,5)6/h10-11H,8-9H2,1-7H3. The van der Waals surface area contributed by atoms with Gasteiger partial charge >= 0.3 is 0 Å². The molecule has 0 heterocycles. The minimum absolute atomic E-state index is 0.224. The summed E-state index contributed by atoms with van der Waals surface area (Å²) in [6.45, 7) is 15.3. The Morgan fingerprint density at radius 2 is 1.13 bits per heavy atom. The van der Waals surface area contributed by atoms with E-state index >= 15 is 0 Å². The van der Waals surface area contributed by atoms with E-state index in [0.29, 0.717) is 11.8 Å². The van der Waals surface area contributed by atoms with Crippen LogP contribution in [0.5, 0.6) is 0 Å². The zero-order valence-corrected chi connectivity index (χ0v) is 11.4. The minimum Gasteiger partial charge on any atom is -0.244 e. The van der Waals surface area contributed by atoms with Crippen LogP contribution in [0.1, 0.15) is 61.3 Å². The Labute approximate surface area is 94.6 Å². The monoisotopic (exact) mass is 214 g/mol. The van der Waals surface area contributed by atoms with Gasteiger partial charge in [0.2, 0.25) is 0 Å². The molecule has 1 aliphatic rings. The van der Waals surface area contributed by atoms with Crippen LogP contribution < -0.4 is 0 Å². The van der Waals surface area contributed by atoms with Crippen molar-refractivity contribution in [3.05, 3.63) is 0 Å². The lowest BCUT2D eigenvalue weighted by Gasteiger charge is -2.39. The molecule has 1 aliphatic carbocycles. The van der Waals surface area contributed by atoms with Gasteiger partial charge in [0.25, 0.3) is 0 Å². The van der Waals surface area contributed by atoms with Gasteiger partial charge in [-0.3, -0.25) is 0 Å². The van der Waals surface area contributed by atoms with Gasteiger partial charge in [-0.05, 0) is 42.4 Å². The fraction of sp³-hybridized carbons (Fsp3) is 1.00. The average molecular weight is 214 g/mol. The lowest BCUT2D eigenvalue weighted by atomic mass is 9.66. The van der Waals surface area contributed by atoms with Crippen LogP contribution in [-0.2, 0) is 0 Å². The van der Waals surface area contributed by atoms with Gasteiger partial charge in [0.1, 0.15) is 5.67 Å². The maximum atomic E-state index is 14.2. The molecule has 2 unspecified atom stereocenters. The van der Waals surface area contributed by atoms with Gasteiger partial charge in [-0.15, -0.1) is 0 Å². The summed E-state index contributed by atoms with van der Waals surface area (Å²) in [5, 5.41) is 0. The summed E-state index contributed by atoms with van der Waals surface area (Å²) >= 11 is 0. The van der Waals surface area contributed by atoms with Crippen LogP contribution in [0.3, 0.4) is 0 Å². The third-order valence-electron chi connectivity index (χ3n) is 4.00. The molecular formula is C14H27F. The highest BCUT2D eigenvalue weighted by Crippen LogP contribution is 2.55. The molecule has 0 bridgehead atoms. The second-order valence-corrected chi connectivity index (χ2v) is 7.77. The summed E-state index contributed by atoms with van der Waals surface area (Å²) in [5.74, 6) is 1.01. The Bertz CT molecular complexity index is 203. The minimum atomic E-state index is -0.949. The molecule has 2 atom stereocenters. The Morgan fingerprint density at radius 1 is 0.867 bits per heavy atom. The van der Waals surface area contributed by atoms with Crippen LogP contribution in [-0.4, -0.2) is 5.67 Å². The second-order valence-electron chi connectivity index (χ2n) is 7.77. The molecule has 1 heteroatoms. The number of hydrogen-bond donors (Lipinski definition) is 0. The molecule has 90 valence electrons. The van der Waals surface area contributed by atoms with Gasteiger partial charge < -0.3 is 0 Å². The Hall–Kier alpha value is -0.0700. The molecule has 0 aromatic rings. The van der Waals surface area contributed by atoms with E-state index in [-0.39, 0.29) is 10.8 Å². The molecule has 0 aromatic heterocycles. The summed E-state index contributed by atoms with van der Waals surface area (Å²) in [6, 6.07) is 0. The summed E-state index contributed by atoms with van der Waals surface area (Å²) in [7, 11) is 0. The van der Waals surface area contributed by atoms with Crippen molar-refractivity contribution < 1.29 is 4.39 Å². The first kappa shape index (κ1) is 13.0. The topological polar surface area (TPSA) is 0 Å². The lowest BCUT2D eigenvalue weighted by Crippen LogP contribution is -2.32. The van der Waals surface area contributed by atoms with E-state index in [9.17, 15) is 4.39 Å². The molecule has 15 heavy (non-hydrogen) atoms. The van der Waals surface area contributed by atoms with Gasteiger partial charge in [0.05, 0.1) is 0 Å². The average Bonchev–Trinajstić information content (AvgIpc) is 2.23. The van der Waals surface area contributed by atoms with E-state index in [1.807, 2.05) is 0 Å². The first-order valence-electron chi connectivity index (χ1n) is 6.12. The number of alkyl halides is 1. The van der Waals surface area contributed by atoms with Crippen molar-refractivity contribution in [1.29, 1.82) is 0 Å². The van der Waals surface area contributed by atoms with Gasteiger partial charge in [0, 0.05) is 0 Å². The van der Waals surface area contributed by atoms with Crippen molar-refractivity contribution in [3.63, 3.8) is 0 Å². The smallest absolute Gasteiger partial charge is 0.108 e. The van der Waals surface area contributed by atoms with Crippen molar-refractivity contribution in [3.8, 4) is 0 Å². The molecule has 0 aliphatic heterocycles. The van der Waals surface area contributed by atoms with Gasteiger partial charge in [0.15, 0.2) is 0 Å². The first-order valence-corrected chi connectivity index (χ1v) is 6.12. The molecule has 1 saturated carbocycles. The highest BCUT2D eigenvalue weighted by atomic mass is 19.1. The maximum absolute atomic E-state index is 14.2. The van der Waals surface area contributed by atoms with Crippen molar-refractivity contribution in [2.45, 2.75) is 67.0 Å². The summed E-state index contributed by atoms with van der Waals surface area (Å²) in [5.41, 5.74) is -0.501. The van der Waals surface area contributed by atoms with Crippen LogP contribution in [0.2, 0.25) is 0 Å². The van der Waals surface area contributed by atoms with Crippen molar-refractivity contribution >= 4 is 0 Å². The van der Waals surface area contributed by atoms with Crippen LogP contribution >= 0.6 is 0 Å². The highest BCUT2D eigenvalue weighted by Gasteiger charge is 2.50. The van der Waals surface area contributed by atoms with E-state index < -0.39 is 5.67 Å². The van der Waals surface area contributed by atoms with E-state index in [0.717, 1.165) is 12.8 Å². The molecule has 1 rings (SSSR count). The third-order valence-corrected chi connectivity index (χ3v) is 4.00. The fourth-order valence-electron chi connectivity index (χ4n) is 3.10. The fourth-order valence-corrected chi connectivity index (χ4v) is 3.10. The predicted molar refractivity (Wildman–Crippen MR) is 64.6 cm³/mol. The quantitative estimate of drug-likeness (QED) is 0.541. The normalized spacial score (nSPS) is 38.4. The first-order chi connectivity index (χ1) is 6.43. The van der Waals surface area contributed by atoms with Crippen molar-refractivity contribution in [1.82, 2.24) is 0 Å². The Morgan fingerprint density at radius 3 is 1.33 bits per heavy atom. The highest BCUT2D eigenvalue weighted by molar-refractivity contribution is 5.00. The molecule has 0 spiro atoms. The van der Waals surface area contributed by atoms with E-state index in [1.54, 1.807) is 6.92 Å². The van der Waals surface area contributed by atoms with Crippen LogP contribution in [0.15, 0.2) is 0 Å². The molecule has 1 fully saturated rings. The molecule has 0 radical (unpaired) electrons. The lowest BCUT2D eigenvalue weighted by molar-refractivity contribution is 0.0992. The third kappa shape index (κ3) is 2.95. The molecule has 0 amide bonds. The van der Waals surface area contributed by atoms with Crippen molar-refractivity contribution in [2.24, 2.45) is 22.7 Å².